The van der Waals surface area contributed by atoms with Gasteiger partial charge in [-0.1, -0.05) is 19.1 Å². The first-order chi connectivity index (χ1) is 10.5. The number of carbonyl (C=O) groups excluding carboxylic acids is 1. The van der Waals surface area contributed by atoms with Gasteiger partial charge in [0.2, 0.25) is 16.4 Å². The van der Waals surface area contributed by atoms with E-state index in [2.05, 4.69) is 0 Å². The van der Waals surface area contributed by atoms with Gasteiger partial charge in [-0.3, -0.25) is 4.79 Å². The van der Waals surface area contributed by atoms with Crippen molar-refractivity contribution in [1.29, 1.82) is 0 Å². The van der Waals surface area contributed by atoms with Crippen LogP contribution in [0.5, 0.6) is 5.75 Å². The summed E-state index contributed by atoms with van der Waals surface area (Å²) in [4.78, 5) is 12.7. The lowest BCUT2D eigenvalue weighted by atomic mass is 10.0. The van der Waals surface area contributed by atoms with Gasteiger partial charge in [-0.05, 0) is 24.1 Å². The molecular weight excluding hydrogens is 304 g/mol. The predicted octanol–water partition coefficient (Wildman–Crippen LogP) is 1.25. The van der Waals surface area contributed by atoms with Crippen molar-refractivity contribution in [3.8, 4) is 5.75 Å². The highest BCUT2D eigenvalue weighted by Crippen LogP contribution is 2.29. The molecule has 7 heteroatoms. The smallest absolute Gasteiger partial charge is 0.214 e. The largest absolute Gasteiger partial charge is 0.497 e. The third kappa shape index (κ3) is 3.59. The van der Waals surface area contributed by atoms with Crippen LogP contribution >= 0.6 is 0 Å². The minimum atomic E-state index is -3.32. The maximum absolute atomic E-state index is 12.5. The fourth-order valence-corrected chi connectivity index (χ4v) is 4.38. The number of methoxy groups -OCH3 is 1. The highest BCUT2D eigenvalue weighted by Gasteiger charge is 2.35. The molecule has 1 amide bonds. The topological polar surface area (TPSA) is 66.9 Å². The van der Waals surface area contributed by atoms with Crippen molar-refractivity contribution in [1.82, 2.24) is 9.21 Å². The van der Waals surface area contributed by atoms with Crippen molar-refractivity contribution in [2.75, 3.05) is 32.5 Å². The van der Waals surface area contributed by atoms with Crippen molar-refractivity contribution >= 4 is 16.4 Å². The summed E-state index contributed by atoms with van der Waals surface area (Å²) in [6.45, 7) is 2.98. The highest BCUT2D eigenvalue weighted by molar-refractivity contribution is 7.89. The SMILES string of the molecule is CCCS(=O)(=O)N1CCN(C=O)CC1c1ccc(OC)cc1. The Labute approximate surface area is 131 Å². The molecule has 1 atom stereocenters. The van der Waals surface area contributed by atoms with Crippen LogP contribution in [0.4, 0.5) is 0 Å². The Bertz CT molecular complexity index is 600. The number of sulfonamides is 1. The Balaban J connectivity index is 2.32. The van der Waals surface area contributed by atoms with Crippen LogP contribution in [0.2, 0.25) is 0 Å². The maximum Gasteiger partial charge on any atom is 0.214 e. The maximum atomic E-state index is 12.5. The standard InChI is InChI=1S/C15H22N2O4S/c1-3-10-22(19,20)17-9-8-16(12-18)11-15(17)13-4-6-14(21-2)7-5-13/h4-7,12,15H,3,8-11H2,1-2H3. The molecule has 1 aromatic carbocycles. The molecule has 0 N–H and O–H groups in total. The summed E-state index contributed by atoms with van der Waals surface area (Å²) in [5.41, 5.74) is 0.868. The Morgan fingerprint density at radius 1 is 1.27 bits per heavy atom. The Hall–Kier alpha value is -1.60. The average Bonchev–Trinajstić information content (AvgIpc) is 2.54. The Morgan fingerprint density at radius 2 is 1.95 bits per heavy atom. The molecule has 1 aromatic rings. The van der Waals surface area contributed by atoms with Gasteiger partial charge >= 0.3 is 0 Å². The van der Waals surface area contributed by atoms with E-state index in [0.29, 0.717) is 26.1 Å². The lowest BCUT2D eigenvalue weighted by molar-refractivity contribution is -0.120. The number of ether oxygens (including phenoxy) is 1. The molecule has 1 heterocycles. The molecular formula is C15H22N2O4S. The Morgan fingerprint density at radius 3 is 2.50 bits per heavy atom. The molecule has 0 bridgehead atoms. The quantitative estimate of drug-likeness (QED) is 0.738. The van der Waals surface area contributed by atoms with Crippen LogP contribution in [0, 0.1) is 0 Å². The molecule has 0 aromatic heterocycles. The first kappa shape index (κ1) is 16.8. The van der Waals surface area contributed by atoms with Gasteiger partial charge in [0, 0.05) is 19.6 Å². The number of nitrogens with zero attached hydrogens (tertiary/aromatic N) is 2. The zero-order chi connectivity index (χ0) is 16.2. The van der Waals surface area contributed by atoms with Gasteiger partial charge in [0.25, 0.3) is 0 Å². The summed E-state index contributed by atoms with van der Waals surface area (Å²) in [6.07, 6.45) is 1.35. The summed E-state index contributed by atoms with van der Waals surface area (Å²) in [6, 6.07) is 6.97. The van der Waals surface area contributed by atoms with Crippen molar-refractivity contribution in [2.24, 2.45) is 0 Å². The molecule has 1 unspecified atom stereocenters. The van der Waals surface area contributed by atoms with E-state index in [-0.39, 0.29) is 11.8 Å². The molecule has 22 heavy (non-hydrogen) atoms. The molecule has 1 aliphatic heterocycles. The molecule has 0 saturated carbocycles. The molecule has 1 saturated heterocycles. The zero-order valence-electron chi connectivity index (χ0n) is 12.9. The van der Waals surface area contributed by atoms with Gasteiger partial charge in [0.1, 0.15) is 5.75 Å². The molecule has 0 radical (unpaired) electrons. The van der Waals surface area contributed by atoms with Crippen LogP contribution in [0.3, 0.4) is 0 Å². The number of carbonyl (C=O) groups is 1. The lowest BCUT2D eigenvalue weighted by Crippen LogP contribution is -2.50. The summed E-state index contributed by atoms with van der Waals surface area (Å²) < 4.78 is 31.6. The van der Waals surface area contributed by atoms with Crippen LogP contribution in [0.1, 0.15) is 24.9 Å². The molecule has 2 rings (SSSR count). The monoisotopic (exact) mass is 326 g/mol. The third-order valence-electron chi connectivity index (χ3n) is 3.83. The molecule has 0 spiro atoms. The first-order valence-corrected chi connectivity index (χ1v) is 8.95. The third-order valence-corrected chi connectivity index (χ3v) is 5.91. The molecule has 0 aliphatic carbocycles. The van der Waals surface area contributed by atoms with Gasteiger partial charge < -0.3 is 9.64 Å². The van der Waals surface area contributed by atoms with E-state index >= 15 is 0 Å². The van der Waals surface area contributed by atoms with Gasteiger partial charge in [-0.15, -0.1) is 0 Å². The second kappa shape index (κ2) is 7.11. The fourth-order valence-electron chi connectivity index (χ4n) is 2.69. The van der Waals surface area contributed by atoms with E-state index in [0.717, 1.165) is 17.7 Å². The van der Waals surface area contributed by atoms with Crippen molar-refractivity contribution in [2.45, 2.75) is 19.4 Å². The minimum absolute atomic E-state index is 0.126. The van der Waals surface area contributed by atoms with E-state index < -0.39 is 10.0 Å². The van der Waals surface area contributed by atoms with Crippen LogP contribution in [-0.2, 0) is 14.8 Å². The number of hydrogen-bond acceptors (Lipinski definition) is 4. The van der Waals surface area contributed by atoms with Gasteiger partial charge in [0.05, 0.1) is 18.9 Å². The molecule has 1 fully saturated rings. The molecule has 122 valence electrons. The number of hydrogen-bond donors (Lipinski definition) is 0. The normalized spacial score (nSPS) is 19.9. The first-order valence-electron chi connectivity index (χ1n) is 7.34. The van der Waals surface area contributed by atoms with E-state index in [4.69, 9.17) is 4.74 Å². The van der Waals surface area contributed by atoms with E-state index in [1.165, 1.54) is 4.31 Å². The van der Waals surface area contributed by atoms with Crippen LogP contribution < -0.4 is 4.74 Å². The average molecular weight is 326 g/mol. The van der Waals surface area contributed by atoms with Crippen molar-refractivity contribution in [3.63, 3.8) is 0 Å². The number of piperazine rings is 1. The fraction of sp³-hybridized carbons (Fsp3) is 0.533. The summed E-state index contributed by atoms with van der Waals surface area (Å²) >= 11 is 0. The van der Waals surface area contributed by atoms with Crippen LogP contribution in [0.25, 0.3) is 0 Å². The van der Waals surface area contributed by atoms with Gasteiger partial charge in [-0.2, -0.15) is 4.31 Å². The molecule has 6 nitrogen and oxygen atoms in total. The van der Waals surface area contributed by atoms with Crippen LogP contribution in [-0.4, -0.2) is 56.5 Å². The number of amides is 1. The van der Waals surface area contributed by atoms with Crippen molar-refractivity contribution in [3.05, 3.63) is 29.8 Å². The Kier molecular flexibility index (Phi) is 5.42. The second-order valence-electron chi connectivity index (χ2n) is 5.32. The summed E-state index contributed by atoms with van der Waals surface area (Å²) in [5, 5.41) is 0. The van der Waals surface area contributed by atoms with Crippen molar-refractivity contribution < 1.29 is 17.9 Å². The van der Waals surface area contributed by atoms with E-state index in [1.54, 1.807) is 24.1 Å². The lowest BCUT2D eigenvalue weighted by Gasteiger charge is -2.39. The predicted molar refractivity (Wildman–Crippen MR) is 84.2 cm³/mol. The summed E-state index contributed by atoms with van der Waals surface area (Å²) in [7, 11) is -1.73. The minimum Gasteiger partial charge on any atom is -0.497 e. The van der Waals surface area contributed by atoms with Crippen LogP contribution in [0.15, 0.2) is 24.3 Å². The van der Waals surface area contributed by atoms with E-state index in [9.17, 15) is 13.2 Å². The second-order valence-corrected chi connectivity index (χ2v) is 7.36. The highest BCUT2D eigenvalue weighted by atomic mass is 32.2. The van der Waals surface area contributed by atoms with Gasteiger partial charge in [0.15, 0.2) is 0 Å². The van der Waals surface area contributed by atoms with E-state index in [1.807, 2.05) is 19.1 Å². The number of benzene rings is 1. The summed E-state index contributed by atoms with van der Waals surface area (Å²) in [5.74, 6) is 0.843. The zero-order valence-corrected chi connectivity index (χ0v) is 13.8. The van der Waals surface area contributed by atoms with Gasteiger partial charge in [-0.25, -0.2) is 8.42 Å². The molecule has 1 aliphatic rings. The number of rotatable bonds is 6.